The van der Waals surface area contributed by atoms with Crippen LogP contribution in [-0.2, 0) is 16.6 Å². The second-order valence-corrected chi connectivity index (χ2v) is 4.54. The fraction of sp³-hybridized carbons (Fsp3) is 0.545. The van der Waals surface area contributed by atoms with E-state index in [9.17, 15) is 9.59 Å². The van der Waals surface area contributed by atoms with E-state index in [1.54, 1.807) is 7.05 Å². The number of ether oxygens (including phenoxy) is 1. The fourth-order valence-corrected chi connectivity index (χ4v) is 2.39. The highest BCUT2D eigenvalue weighted by atomic mass is 35.5. The number of methoxy groups -OCH3 is 1. The number of hydrogen-bond acceptors (Lipinski definition) is 4. The molecule has 0 unspecified atom stereocenters. The number of likely N-dealkylation sites (tertiary alicyclic amines) is 1. The number of rotatable bonds is 2. The van der Waals surface area contributed by atoms with Gasteiger partial charge in [-0.15, -0.1) is 0 Å². The normalized spacial score (nSPS) is 19.1. The number of aromatic nitrogens is 2. The smallest absolute Gasteiger partial charge is 0.328 e. The van der Waals surface area contributed by atoms with Gasteiger partial charge in [-0.2, -0.15) is 5.10 Å². The summed E-state index contributed by atoms with van der Waals surface area (Å²) in [5, 5.41) is 4.17. The zero-order chi connectivity index (χ0) is 13.3. The van der Waals surface area contributed by atoms with E-state index in [1.165, 1.54) is 22.8 Å². The van der Waals surface area contributed by atoms with Crippen LogP contribution in [-0.4, -0.2) is 46.3 Å². The fourth-order valence-electron chi connectivity index (χ4n) is 2.17. The first-order chi connectivity index (χ1) is 8.54. The van der Waals surface area contributed by atoms with Gasteiger partial charge < -0.3 is 9.64 Å². The first kappa shape index (κ1) is 12.9. The minimum Gasteiger partial charge on any atom is -0.467 e. The molecule has 0 N–H and O–H groups in total. The molecule has 0 aromatic carbocycles. The Balaban J connectivity index is 2.23. The topological polar surface area (TPSA) is 64.4 Å². The second-order valence-electron chi connectivity index (χ2n) is 4.16. The Morgan fingerprint density at radius 3 is 2.83 bits per heavy atom. The number of carbonyl (C=O) groups is 2. The number of amides is 1. The standard InChI is InChI=1S/C11H14ClN3O3/c1-14-8(6-9(12)13-14)10(16)15-5-3-4-7(15)11(17)18-2/h6-7H,3-5H2,1-2H3/t7-/m0/s1. The molecule has 1 aromatic rings. The van der Waals surface area contributed by atoms with Crippen LogP contribution >= 0.6 is 11.6 Å². The molecule has 1 atom stereocenters. The third-order valence-electron chi connectivity index (χ3n) is 3.06. The van der Waals surface area contributed by atoms with Crippen molar-refractivity contribution in [2.24, 2.45) is 7.05 Å². The lowest BCUT2D eigenvalue weighted by Crippen LogP contribution is -2.41. The maximum Gasteiger partial charge on any atom is 0.328 e. The summed E-state index contributed by atoms with van der Waals surface area (Å²) >= 11 is 5.75. The van der Waals surface area contributed by atoms with Gasteiger partial charge in [0.1, 0.15) is 11.7 Å². The van der Waals surface area contributed by atoms with Gasteiger partial charge in [0, 0.05) is 19.7 Å². The van der Waals surface area contributed by atoms with Crippen LogP contribution in [0.3, 0.4) is 0 Å². The summed E-state index contributed by atoms with van der Waals surface area (Å²) in [5.74, 6) is -0.626. The van der Waals surface area contributed by atoms with Gasteiger partial charge in [0.15, 0.2) is 5.15 Å². The van der Waals surface area contributed by atoms with Gasteiger partial charge >= 0.3 is 5.97 Å². The van der Waals surface area contributed by atoms with Gasteiger partial charge in [-0.1, -0.05) is 11.6 Å². The summed E-state index contributed by atoms with van der Waals surface area (Å²) in [6, 6.07) is 0.993. The molecule has 0 radical (unpaired) electrons. The number of esters is 1. The third-order valence-corrected chi connectivity index (χ3v) is 3.24. The largest absolute Gasteiger partial charge is 0.467 e. The lowest BCUT2D eigenvalue weighted by Gasteiger charge is -2.22. The molecule has 1 amide bonds. The van der Waals surface area contributed by atoms with E-state index in [0.29, 0.717) is 18.7 Å². The Kier molecular flexibility index (Phi) is 3.56. The predicted octanol–water partition coefficient (Wildman–Crippen LogP) is 0.851. The van der Waals surface area contributed by atoms with Crippen molar-refractivity contribution in [1.29, 1.82) is 0 Å². The van der Waals surface area contributed by atoms with Crippen molar-refractivity contribution in [1.82, 2.24) is 14.7 Å². The number of carbonyl (C=O) groups excluding carboxylic acids is 2. The van der Waals surface area contributed by atoms with Crippen molar-refractivity contribution in [3.8, 4) is 0 Å². The van der Waals surface area contributed by atoms with Gasteiger partial charge in [-0.25, -0.2) is 4.79 Å². The van der Waals surface area contributed by atoms with E-state index in [4.69, 9.17) is 16.3 Å². The zero-order valence-electron chi connectivity index (χ0n) is 10.2. The Hall–Kier alpha value is -1.56. The number of nitrogens with zero attached hydrogens (tertiary/aromatic N) is 3. The van der Waals surface area contributed by atoms with Crippen molar-refractivity contribution >= 4 is 23.5 Å². The van der Waals surface area contributed by atoms with Crippen molar-refractivity contribution in [3.05, 3.63) is 16.9 Å². The van der Waals surface area contributed by atoms with Crippen molar-refractivity contribution in [2.45, 2.75) is 18.9 Å². The van der Waals surface area contributed by atoms with Gasteiger partial charge in [0.25, 0.3) is 5.91 Å². The van der Waals surface area contributed by atoms with Crippen molar-refractivity contribution in [3.63, 3.8) is 0 Å². The first-order valence-corrected chi connectivity index (χ1v) is 6.00. The van der Waals surface area contributed by atoms with Gasteiger partial charge in [-0.3, -0.25) is 9.48 Å². The first-order valence-electron chi connectivity index (χ1n) is 5.63. The Morgan fingerprint density at radius 1 is 1.56 bits per heavy atom. The molecule has 0 saturated carbocycles. The molecule has 1 aliphatic rings. The second kappa shape index (κ2) is 4.97. The Morgan fingerprint density at radius 2 is 2.28 bits per heavy atom. The molecule has 0 bridgehead atoms. The number of aryl methyl sites for hydroxylation is 1. The molecule has 1 fully saturated rings. The van der Waals surface area contributed by atoms with Crippen LogP contribution in [0.1, 0.15) is 23.3 Å². The molecule has 0 spiro atoms. The van der Waals surface area contributed by atoms with Crippen LogP contribution in [0.5, 0.6) is 0 Å². The Bertz CT molecular complexity index is 486. The molecule has 0 aliphatic carbocycles. The minimum absolute atomic E-state index is 0.246. The van der Waals surface area contributed by atoms with Gasteiger partial charge in [0.05, 0.1) is 7.11 Å². The lowest BCUT2D eigenvalue weighted by molar-refractivity contribution is -0.145. The highest BCUT2D eigenvalue weighted by molar-refractivity contribution is 6.29. The quantitative estimate of drug-likeness (QED) is 0.748. The van der Waals surface area contributed by atoms with E-state index in [-0.39, 0.29) is 17.0 Å². The highest BCUT2D eigenvalue weighted by Gasteiger charge is 2.36. The van der Waals surface area contributed by atoms with E-state index in [0.717, 1.165) is 6.42 Å². The maximum atomic E-state index is 12.3. The monoisotopic (exact) mass is 271 g/mol. The predicted molar refractivity (Wildman–Crippen MR) is 64.3 cm³/mol. The van der Waals surface area contributed by atoms with E-state index in [2.05, 4.69) is 5.10 Å². The summed E-state index contributed by atoms with van der Waals surface area (Å²) in [6.07, 6.45) is 1.42. The molecular weight excluding hydrogens is 258 g/mol. The van der Waals surface area contributed by atoms with Crippen LogP contribution in [0.2, 0.25) is 5.15 Å². The van der Waals surface area contributed by atoms with Crippen molar-refractivity contribution < 1.29 is 14.3 Å². The van der Waals surface area contributed by atoms with E-state index >= 15 is 0 Å². The molecule has 2 rings (SSSR count). The molecule has 18 heavy (non-hydrogen) atoms. The zero-order valence-corrected chi connectivity index (χ0v) is 11.0. The van der Waals surface area contributed by atoms with Crippen LogP contribution in [0, 0.1) is 0 Å². The summed E-state index contributed by atoms with van der Waals surface area (Å²) < 4.78 is 6.12. The summed E-state index contributed by atoms with van der Waals surface area (Å²) in [7, 11) is 2.96. The molecule has 98 valence electrons. The van der Waals surface area contributed by atoms with Crippen LogP contribution in [0.4, 0.5) is 0 Å². The molecule has 2 heterocycles. The summed E-state index contributed by atoms with van der Waals surface area (Å²) in [5.41, 5.74) is 0.371. The van der Waals surface area contributed by atoms with Gasteiger partial charge in [0.2, 0.25) is 0 Å². The minimum atomic E-state index is -0.504. The van der Waals surface area contributed by atoms with Gasteiger partial charge in [-0.05, 0) is 12.8 Å². The van der Waals surface area contributed by atoms with Crippen LogP contribution in [0.25, 0.3) is 0 Å². The van der Waals surface area contributed by atoms with Crippen LogP contribution in [0.15, 0.2) is 6.07 Å². The molecule has 6 nitrogen and oxygen atoms in total. The third kappa shape index (κ3) is 2.20. The lowest BCUT2D eigenvalue weighted by atomic mass is 10.2. The molecule has 1 aromatic heterocycles. The van der Waals surface area contributed by atoms with Crippen LogP contribution < -0.4 is 0 Å². The maximum absolute atomic E-state index is 12.3. The molecule has 1 aliphatic heterocycles. The van der Waals surface area contributed by atoms with E-state index < -0.39 is 6.04 Å². The average molecular weight is 272 g/mol. The molecular formula is C11H14ClN3O3. The Labute approximate surface area is 109 Å². The van der Waals surface area contributed by atoms with Crippen molar-refractivity contribution in [2.75, 3.05) is 13.7 Å². The highest BCUT2D eigenvalue weighted by Crippen LogP contribution is 2.22. The SMILES string of the molecule is COC(=O)[C@@H]1CCCN1C(=O)c1cc(Cl)nn1C. The van der Waals surface area contributed by atoms with E-state index in [1.807, 2.05) is 0 Å². The summed E-state index contributed by atoms with van der Waals surface area (Å²) in [6.45, 7) is 0.543. The molecule has 1 saturated heterocycles. The number of halogens is 1. The summed E-state index contributed by atoms with van der Waals surface area (Å²) in [4.78, 5) is 25.4. The molecule has 7 heteroatoms. The number of hydrogen-bond donors (Lipinski definition) is 0. The average Bonchev–Trinajstić information content (AvgIpc) is 2.94.